The highest BCUT2D eigenvalue weighted by Gasteiger charge is 2.16. The minimum absolute atomic E-state index is 0.123. The highest BCUT2D eigenvalue weighted by molar-refractivity contribution is 7.99. The van der Waals surface area contributed by atoms with E-state index in [1.165, 1.54) is 22.0 Å². The Bertz CT molecular complexity index is 898. The topological polar surface area (TPSA) is 90.5 Å². The summed E-state index contributed by atoms with van der Waals surface area (Å²) < 4.78 is 3.37. The second-order valence-corrected chi connectivity index (χ2v) is 6.66. The van der Waals surface area contributed by atoms with Crippen LogP contribution in [-0.4, -0.2) is 41.6 Å². The molecular weight excluding hydrogens is 338 g/mol. The normalized spacial score (nSPS) is 10.9. The summed E-state index contributed by atoms with van der Waals surface area (Å²) in [6.07, 6.45) is 0. The summed E-state index contributed by atoms with van der Waals surface area (Å²) in [7, 11) is 1.74. The molecule has 0 fully saturated rings. The average Bonchev–Trinajstić information content (AvgIpc) is 3.12. The lowest BCUT2D eigenvalue weighted by molar-refractivity contribution is -0.113. The van der Waals surface area contributed by atoms with E-state index in [4.69, 9.17) is 0 Å². The summed E-state index contributed by atoms with van der Waals surface area (Å²) in [4.78, 5) is 12.3. The van der Waals surface area contributed by atoms with Gasteiger partial charge in [-0.25, -0.2) is 9.36 Å². The second kappa shape index (κ2) is 7.06. The monoisotopic (exact) mass is 357 g/mol. The number of hydrogen-bond donors (Lipinski definition) is 1. The SMILES string of the molecule is Cc1ccc(-n2nc(C)c(NC(=O)CSc3nnnn3C)c2C)cc1. The quantitative estimate of drug-likeness (QED) is 0.703. The van der Waals surface area contributed by atoms with E-state index in [-0.39, 0.29) is 11.7 Å². The van der Waals surface area contributed by atoms with Crippen LogP contribution < -0.4 is 5.32 Å². The zero-order valence-corrected chi connectivity index (χ0v) is 15.3. The van der Waals surface area contributed by atoms with Gasteiger partial charge in [-0.05, 0) is 43.3 Å². The number of hydrogen-bond acceptors (Lipinski definition) is 6. The molecule has 3 aromatic rings. The first-order valence-electron chi connectivity index (χ1n) is 7.74. The lowest BCUT2D eigenvalue weighted by atomic mass is 10.2. The Kier molecular flexibility index (Phi) is 4.84. The smallest absolute Gasteiger partial charge is 0.234 e. The van der Waals surface area contributed by atoms with E-state index in [2.05, 4.69) is 25.9 Å². The molecule has 2 aromatic heterocycles. The Hall–Kier alpha value is -2.68. The molecule has 2 heterocycles. The number of aryl methyl sites for hydroxylation is 3. The van der Waals surface area contributed by atoms with Crippen LogP contribution in [0.2, 0.25) is 0 Å². The van der Waals surface area contributed by atoms with E-state index in [9.17, 15) is 4.79 Å². The van der Waals surface area contributed by atoms with Crippen molar-refractivity contribution in [1.82, 2.24) is 30.0 Å². The van der Waals surface area contributed by atoms with Crippen LogP contribution >= 0.6 is 11.8 Å². The van der Waals surface area contributed by atoms with Gasteiger partial charge in [-0.1, -0.05) is 29.5 Å². The number of aromatic nitrogens is 6. The molecule has 1 aromatic carbocycles. The van der Waals surface area contributed by atoms with Crippen molar-refractivity contribution in [3.63, 3.8) is 0 Å². The first-order chi connectivity index (χ1) is 12.0. The number of nitrogens with one attached hydrogen (secondary N) is 1. The summed E-state index contributed by atoms with van der Waals surface area (Å²) in [6.45, 7) is 5.86. The van der Waals surface area contributed by atoms with Crippen LogP contribution in [0.25, 0.3) is 5.69 Å². The predicted octanol–water partition coefficient (Wildman–Crippen LogP) is 2.05. The fraction of sp³-hybridized carbons (Fsp3) is 0.312. The van der Waals surface area contributed by atoms with Gasteiger partial charge in [0, 0.05) is 7.05 Å². The van der Waals surface area contributed by atoms with Crippen molar-refractivity contribution in [1.29, 1.82) is 0 Å². The second-order valence-electron chi connectivity index (χ2n) is 5.72. The number of carbonyl (C=O) groups excluding carboxylic acids is 1. The molecule has 0 atom stereocenters. The van der Waals surface area contributed by atoms with Gasteiger partial charge in [0.15, 0.2) is 0 Å². The van der Waals surface area contributed by atoms with Gasteiger partial charge in [-0.3, -0.25) is 4.79 Å². The molecule has 0 saturated heterocycles. The Morgan fingerprint density at radius 1 is 1.20 bits per heavy atom. The maximum absolute atomic E-state index is 12.3. The van der Waals surface area contributed by atoms with Gasteiger partial charge in [0.2, 0.25) is 11.1 Å². The molecule has 1 N–H and O–H groups in total. The Morgan fingerprint density at radius 3 is 2.56 bits per heavy atom. The van der Waals surface area contributed by atoms with Crippen LogP contribution in [0.5, 0.6) is 0 Å². The molecule has 0 spiro atoms. The highest BCUT2D eigenvalue weighted by Crippen LogP contribution is 2.23. The molecule has 0 bridgehead atoms. The summed E-state index contributed by atoms with van der Waals surface area (Å²) in [5.41, 5.74) is 4.55. The molecule has 9 heteroatoms. The zero-order chi connectivity index (χ0) is 18.0. The number of thioether (sulfide) groups is 1. The van der Waals surface area contributed by atoms with Crippen molar-refractivity contribution >= 4 is 23.4 Å². The third kappa shape index (κ3) is 3.71. The van der Waals surface area contributed by atoms with Gasteiger partial charge < -0.3 is 5.32 Å². The Morgan fingerprint density at radius 2 is 1.92 bits per heavy atom. The molecule has 130 valence electrons. The van der Waals surface area contributed by atoms with Crippen molar-refractivity contribution in [3.8, 4) is 5.69 Å². The molecule has 0 radical (unpaired) electrons. The fourth-order valence-electron chi connectivity index (χ4n) is 2.41. The van der Waals surface area contributed by atoms with Crippen LogP contribution in [0.4, 0.5) is 5.69 Å². The lowest BCUT2D eigenvalue weighted by Crippen LogP contribution is -2.15. The zero-order valence-electron chi connectivity index (χ0n) is 14.5. The number of anilines is 1. The first kappa shape index (κ1) is 17.2. The average molecular weight is 357 g/mol. The molecule has 8 nitrogen and oxygen atoms in total. The van der Waals surface area contributed by atoms with E-state index >= 15 is 0 Å². The maximum atomic E-state index is 12.3. The summed E-state index contributed by atoms with van der Waals surface area (Å²) in [5, 5.41) is 19.2. The molecule has 0 aliphatic rings. The van der Waals surface area contributed by atoms with Gasteiger partial charge in [0.25, 0.3) is 0 Å². The number of tetrazole rings is 1. The molecule has 1 amide bonds. The largest absolute Gasteiger partial charge is 0.322 e. The van der Waals surface area contributed by atoms with Gasteiger partial charge in [-0.2, -0.15) is 5.10 Å². The van der Waals surface area contributed by atoms with Gasteiger partial charge in [0.05, 0.1) is 28.5 Å². The molecular formula is C16H19N7OS. The van der Waals surface area contributed by atoms with Crippen LogP contribution in [0.15, 0.2) is 29.4 Å². The van der Waals surface area contributed by atoms with Crippen LogP contribution in [0.3, 0.4) is 0 Å². The van der Waals surface area contributed by atoms with E-state index in [0.717, 1.165) is 22.8 Å². The summed E-state index contributed by atoms with van der Waals surface area (Å²) >= 11 is 1.29. The summed E-state index contributed by atoms with van der Waals surface area (Å²) in [5.74, 6) is 0.102. The third-order valence-corrected chi connectivity index (χ3v) is 4.76. The van der Waals surface area contributed by atoms with Crippen molar-refractivity contribution < 1.29 is 4.79 Å². The molecule has 3 rings (SSSR count). The van der Waals surface area contributed by atoms with Crippen molar-refractivity contribution in [2.45, 2.75) is 25.9 Å². The van der Waals surface area contributed by atoms with Crippen molar-refractivity contribution in [2.75, 3.05) is 11.1 Å². The fourth-order valence-corrected chi connectivity index (χ4v) is 3.06. The summed E-state index contributed by atoms with van der Waals surface area (Å²) in [6, 6.07) is 8.10. The number of nitrogens with zero attached hydrogens (tertiary/aromatic N) is 6. The molecule has 0 saturated carbocycles. The third-order valence-electron chi connectivity index (χ3n) is 3.75. The van der Waals surface area contributed by atoms with E-state index < -0.39 is 0 Å². The molecule has 0 aliphatic heterocycles. The maximum Gasteiger partial charge on any atom is 0.234 e. The predicted molar refractivity (Wildman–Crippen MR) is 95.9 cm³/mol. The minimum atomic E-state index is -0.123. The van der Waals surface area contributed by atoms with E-state index in [1.54, 1.807) is 7.05 Å². The Labute approximate surface area is 149 Å². The van der Waals surface area contributed by atoms with Crippen LogP contribution in [0.1, 0.15) is 17.0 Å². The van der Waals surface area contributed by atoms with Crippen molar-refractivity contribution in [3.05, 3.63) is 41.2 Å². The van der Waals surface area contributed by atoms with E-state index in [0.29, 0.717) is 5.16 Å². The van der Waals surface area contributed by atoms with Crippen LogP contribution in [-0.2, 0) is 11.8 Å². The first-order valence-corrected chi connectivity index (χ1v) is 8.72. The number of benzene rings is 1. The highest BCUT2D eigenvalue weighted by atomic mass is 32.2. The van der Waals surface area contributed by atoms with Gasteiger partial charge >= 0.3 is 0 Å². The van der Waals surface area contributed by atoms with Gasteiger partial charge in [0.1, 0.15) is 0 Å². The number of carbonyl (C=O) groups is 1. The molecule has 0 unspecified atom stereocenters. The standard InChI is InChI=1S/C16H19N7OS/c1-10-5-7-13(8-6-10)23-12(3)15(11(2)19-23)17-14(24)9-25-16-18-20-21-22(16)4/h5-8H,9H2,1-4H3,(H,17,24). The van der Waals surface area contributed by atoms with E-state index in [1.807, 2.05) is 49.7 Å². The molecule has 0 aliphatic carbocycles. The number of rotatable bonds is 5. The lowest BCUT2D eigenvalue weighted by Gasteiger charge is -2.07. The van der Waals surface area contributed by atoms with Crippen LogP contribution in [0, 0.1) is 20.8 Å². The Balaban J connectivity index is 1.73. The minimum Gasteiger partial charge on any atom is -0.322 e. The van der Waals surface area contributed by atoms with Gasteiger partial charge in [-0.15, -0.1) is 5.10 Å². The van der Waals surface area contributed by atoms with Crippen molar-refractivity contribution in [2.24, 2.45) is 7.05 Å². The number of amides is 1. The molecule has 25 heavy (non-hydrogen) atoms.